The molecular weight excluding hydrogens is 237 g/mol. The summed E-state index contributed by atoms with van der Waals surface area (Å²) in [4.78, 5) is -0.151. The van der Waals surface area contributed by atoms with Crippen molar-refractivity contribution in [1.29, 1.82) is 0 Å². The van der Waals surface area contributed by atoms with Gasteiger partial charge in [-0.25, -0.2) is 0 Å². The predicted octanol–water partition coefficient (Wildman–Crippen LogP) is 3.20. The van der Waals surface area contributed by atoms with Crippen molar-refractivity contribution < 1.29 is 17.7 Å². The van der Waals surface area contributed by atoms with Gasteiger partial charge in [-0.15, -0.1) is 13.2 Å². The van der Waals surface area contributed by atoms with Crippen molar-refractivity contribution in [2.24, 2.45) is 0 Å². The molecule has 0 amide bonds. The molecule has 1 aliphatic carbocycles. The van der Waals surface area contributed by atoms with Gasteiger partial charge in [-0.1, -0.05) is 6.07 Å². The van der Waals surface area contributed by atoms with E-state index in [9.17, 15) is 17.7 Å². The molecule has 0 saturated carbocycles. The van der Waals surface area contributed by atoms with Crippen molar-refractivity contribution in [3.63, 3.8) is 0 Å². The van der Waals surface area contributed by atoms with Crippen molar-refractivity contribution in [1.82, 2.24) is 0 Å². The fourth-order valence-corrected chi connectivity index (χ4v) is 2.50. The van der Waals surface area contributed by atoms with Gasteiger partial charge in [0.2, 0.25) is 0 Å². The Bertz CT molecular complexity index is 389. The number of hydrogen-bond acceptors (Lipinski definition) is 1. The Morgan fingerprint density at radius 3 is 2.69 bits per heavy atom. The number of aryl methyl sites for hydroxylation is 1. The zero-order chi connectivity index (χ0) is 11.8. The second-order valence-electron chi connectivity index (χ2n) is 3.67. The number of fused-ring (bicyclic) bond motifs is 1. The Morgan fingerprint density at radius 2 is 2.00 bits per heavy atom. The van der Waals surface area contributed by atoms with Gasteiger partial charge in [-0.2, -0.15) is 0 Å². The average molecular weight is 247 g/mol. The Kier molecular flexibility index (Phi) is 3.17. The van der Waals surface area contributed by atoms with E-state index in [0.717, 1.165) is 30.4 Å². The zero-order valence-electron chi connectivity index (χ0n) is 8.38. The lowest BCUT2D eigenvalue weighted by molar-refractivity contribution is -0.0435. The molecule has 1 atom stereocenters. The summed E-state index contributed by atoms with van der Waals surface area (Å²) in [6.45, 7) is 0. The van der Waals surface area contributed by atoms with E-state index >= 15 is 0 Å². The van der Waals surface area contributed by atoms with Crippen molar-refractivity contribution in [2.75, 3.05) is 0 Å². The summed E-state index contributed by atoms with van der Waals surface area (Å²) in [6.07, 6.45) is 4.65. The largest absolute Gasteiger partial charge is 0.604 e. The van der Waals surface area contributed by atoms with Crippen LogP contribution in [0.5, 0.6) is 0 Å². The van der Waals surface area contributed by atoms with Crippen molar-refractivity contribution >= 4 is 11.2 Å². The van der Waals surface area contributed by atoms with Crippen LogP contribution in [0.25, 0.3) is 0 Å². The standard InChI is InChI=1S/C11H10F3OS/c12-11(13,14)16(15)10-6-5-8-3-1-2-4-9(8)7-10/h3,5-7H,1-2,4H2. The molecule has 1 unspecified atom stereocenters. The summed E-state index contributed by atoms with van der Waals surface area (Å²) in [6, 6.07) is 4.33. The Labute approximate surface area is 94.8 Å². The highest BCUT2D eigenvalue weighted by atomic mass is 32.2. The van der Waals surface area contributed by atoms with Crippen molar-refractivity contribution in [3.8, 4) is 0 Å². The van der Waals surface area contributed by atoms with Crippen LogP contribution in [0.1, 0.15) is 24.0 Å². The lowest BCUT2D eigenvalue weighted by Gasteiger charge is -2.17. The van der Waals surface area contributed by atoms with Crippen LogP contribution in [0.4, 0.5) is 13.2 Å². The molecule has 0 bridgehead atoms. The van der Waals surface area contributed by atoms with E-state index in [1.807, 2.05) is 6.42 Å². The molecule has 1 aromatic rings. The van der Waals surface area contributed by atoms with E-state index in [0.29, 0.717) is 0 Å². The highest BCUT2D eigenvalue weighted by Crippen LogP contribution is 2.32. The highest BCUT2D eigenvalue weighted by molar-refractivity contribution is 7.92. The van der Waals surface area contributed by atoms with E-state index in [1.54, 1.807) is 6.07 Å². The van der Waals surface area contributed by atoms with Gasteiger partial charge >= 0.3 is 5.51 Å². The van der Waals surface area contributed by atoms with Gasteiger partial charge in [-0.05, 0) is 48.9 Å². The topological polar surface area (TPSA) is 23.1 Å². The van der Waals surface area contributed by atoms with Crippen LogP contribution >= 0.6 is 0 Å². The van der Waals surface area contributed by atoms with Crippen molar-refractivity contribution in [2.45, 2.75) is 29.7 Å². The van der Waals surface area contributed by atoms with Gasteiger partial charge in [0.05, 0.1) is 11.2 Å². The molecular formula is C11H10F3OS. The normalized spacial score (nSPS) is 18.0. The van der Waals surface area contributed by atoms with Gasteiger partial charge in [0, 0.05) is 0 Å². The monoisotopic (exact) mass is 247 g/mol. The second kappa shape index (κ2) is 4.30. The molecule has 5 heteroatoms. The summed E-state index contributed by atoms with van der Waals surface area (Å²) in [7, 11) is 0. The summed E-state index contributed by atoms with van der Waals surface area (Å²) < 4.78 is 47.9. The Hall–Kier alpha value is -0.680. The van der Waals surface area contributed by atoms with Crippen LogP contribution in [-0.2, 0) is 17.6 Å². The van der Waals surface area contributed by atoms with Gasteiger partial charge in [0.1, 0.15) is 0 Å². The maximum atomic E-state index is 12.3. The summed E-state index contributed by atoms with van der Waals surface area (Å²) in [5.74, 6) is 0. The molecule has 0 spiro atoms. The van der Waals surface area contributed by atoms with Crippen molar-refractivity contribution in [3.05, 3.63) is 35.7 Å². The summed E-state index contributed by atoms with van der Waals surface area (Å²) in [5.41, 5.74) is -2.84. The summed E-state index contributed by atoms with van der Waals surface area (Å²) in [5, 5.41) is 0. The van der Waals surface area contributed by atoms with Gasteiger partial charge < -0.3 is 4.55 Å². The lowest BCUT2D eigenvalue weighted by atomic mass is 9.92. The fraction of sp³-hybridized carbons (Fsp3) is 0.364. The minimum Gasteiger partial charge on any atom is -0.604 e. The van der Waals surface area contributed by atoms with E-state index in [1.165, 1.54) is 12.1 Å². The molecule has 1 radical (unpaired) electrons. The molecule has 1 aromatic carbocycles. The first-order valence-corrected chi connectivity index (χ1v) is 6.08. The average Bonchev–Trinajstić information content (AvgIpc) is 2.26. The minimum atomic E-state index is -4.67. The number of benzene rings is 1. The lowest BCUT2D eigenvalue weighted by Crippen LogP contribution is -2.23. The Morgan fingerprint density at radius 1 is 1.25 bits per heavy atom. The maximum absolute atomic E-state index is 12.3. The minimum absolute atomic E-state index is 0.151. The molecule has 0 aliphatic heterocycles. The molecule has 1 nitrogen and oxygen atoms in total. The molecule has 16 heavy (non-hydrogen) atoms. The van der Waals surface area contributed by atoms with Crippen LogP contribution in [0.15, 0.2) is 23.1 Å². The summed E-state index contributed by atoms with van der Waals surface area (Å²) >= 11 is -2.91. The molecule has 1 aliphatic rings. The molecule has 2 rings (SSSR count). The molecule has 0 heterocycles. The molecule has 0 N–H and O–H groups in total. The van der Waals surface area contributed by atoms with Gasteiger partial charge in [-0.3, -0.25) is 0 Å². The maximum Gasteiger partial charge on any atom is 0.578 e. The quantitative estimate of drug-likeness (QED) is 0.699. The van der Waals surface area contributed by atoms with Gasteiger partial charge in [0.25, 0.3) is 0 Å². The van der Waals surface area contributed by atoms with E-state index in [2.05, 4.69) is 0 Å². The van der Waals surface area contributed by atoms with Crippen LogP contribution in [-0.4, -0.2) is 10.1 Å². The van der Waals surface area contributed by atoms with Crippen LogP contribution in [0.3, 0.4) is 0 Å². The smallest absolute Gasteiger partial charge is 0.578 e. The number of hydrogen-bond donors (Lipinski definition) is 0. The fourth-order valence-electron chi connectivity index (χ4n) is 1.80. The predicted molar refractivity (Wildman–Crippen MR) is 55.2 cm³/mol. The van der Waals surface area contributed by atoms with Crippen LogP contribution < -0.4 is 0 Å². The molecule has 0 saturated heterocycles. The second-order valence-corrected chi connectivity index (χ2v) is 5.14. The third-order valence-electron chi connectivity index (χ3n) is 2.55. The third kappa shape index (κ3) is 2.35. The SMILES string of the molecule is [O-][S+](c1ccc2c(c1)CCC[CH]2)C(F)(F)F. The van der Waals surface area contributed by atoms with E-state index in [4.69, 9.17) is 0 Å². The first-order chi connectivity index (χ1) is 7.48. The number of rotatable bonds is 1. The van der Waals surface area contributed by atoms with Crippen LogP contribution in [0.2, 0.25) is 0 Å². The van der Waals surface area contributed by atoms with E-state index in [-0.39, 0.29) is 4.90 Å². The van der Waals surface area contributed by atoms with Crippen LogP contribution in [0, 0.1) is 6.42 Å². The Balaban J connectivity index is 2.30. The number of alkyl halides is 3. The van der Waals surface area contributed by atoms with Gasteiger partial charge in [0.15, 0.2) is 4.90 Å². The third-order valence-corrected chi connectivity index (χ3v) is 3.66. The molecule has 87 valence electrons. The molecule has 0 fully saturated rings. The first kappa shape index (κ1) is 11.8. The number of halogens is 3. The zero-order valence-corrected chi connectivity index (χ0v) is 9.20. The highest BCUT2D eigenvalue weighted by Gasteiger charge is 2.46. The first-order valence-electron chi connectivity index (χ1n) is 4.93. The molecule has 0 aromatic heterocycles. The van der Waals surface area contributed by atoms with E-state index < -0.39 is 16.7 Å².